The molecule has 17 heteroatoms. The average molecular weight is 841 g/mol. The summed E-state index contributed by atoms with van der Waals surface area (Å²) in [5.41, 5.74) is 8.99. The van der Waals surface area contributed by atoms with E-state index < -0.39 is 0 Å². The Hall–Kier alpha value is -5.75. The molecule has 57 heavy (non-hydrogen) atoms. The number of carbonyl (C=O) groups excluding carboxylic acids is 1. The summed E-state index contributed by atoms with van der Waals surface area (Å²) >= 11 is 20.2. The number of carbonyl (C=O) groups is 1. The lowest BCUT2D eigenvalue weighted by Gasteiger charge is -2.24. The summed E-state index contributed by atoms with van der Waals surface area (Å²) in [4.78, 5) is 14.5. The first-order valence-electron chi connectivity index (χ1n) is 17.8. The SMILES string of the molecule is C=C(C)c1cc(N(CC)Cc2cccc(-n3[nH]nnc3=S)c2)ccc1S.CNc1ccc(OCNc2cccc(-n3c(=S)[nH][nH]c3=S)c2)cc1CC=CC(=O)OC. The third kappa shape index (κ3) is 11.4. The second kappa shape index (κ2) is 20.4. The summed E-state index contributed by atoms with van der Waals surface area (Å²) in [7, 11) is 3.20. The number of thiol groups is 1. The van der Waals surface area contributed by atoms with Gasteiger partial charge in [-0.15, -0.1) is 12.6 Å². The van der Waals surface area contributed by atoms with Crippen molar-refractivity contribution in [2.45, 2.75) is 31.7 Å². The molecular formula is C40H44N10O3S4. The molecule has 2 aromatic heterocycles. The van der Waals surface area contributed by atoms with Crippen molar-refractivity contribution < 1.29 is 14.3 Å². The second-order valence-corrected chi connectivity index (χ2v) is 14.1. The lowest BCUT2D eigenvalue weighted by Crippen LogP contribution is -2.22. The van der Waals surface area contributed by atoms with E-state index in [1.54, 1.807) is 15.3 Å². The van der Waals surface area contributed by atoms with Gasteiger partial charge in [0.25, 0.3) is 0 Å². The van der Waals surface area contributed by atoms with E-state index in [1.807, 2.05) is 74.6 Å². The van der Waals surface area contributed by atoms with Gasteiger partial charge in [-0.25, -0.2) is 9.48 Å². The normalized spacial score (nSPS) is 10.8. The van der Waals surface area contributed by atoms with Gasteiger partial charge in [0.05, 0.1) is 18.5 Å². The Morgan fingerprint density at radius 1 is 1.00 bits per heavy atom. The zero-order valence-electron chi connectivity index (χ0n) is 31.9. The van der Waals surface area contributed by atoms with Gasteiger partial charge in [0, 0.05) is 48.2 Å². The Balaban J connectivity index is 0.000000221. The summed E-state index contributed by atoms with van der Waals surface area (Å²) in [5, 5.41) is 22.4. The maximum Gasteiger partial charge on any atom is 0.330 e. The fourth-order valence-electron chi connectivity index (χ4n) is 5.75. The van der Waals surface area contributed by atoms with Crippen LogP contribution in [0.25, 0.3) is 16.9 Å². The minimum absolute atomic E-state index is 0.269. The first-order chi connectivity index (χ1) is 27.5. The maximum atomic E-state index is 11.3. The third-order valence-electron chi connectivity index (χ3n) is 8.64. The average Bonchev–Trinajstić information content (AvgIpc) is 3.80. The highest BCUT2D eigenvalue weighted by Crippen LogP contribution is 2.28. The Kier molecular flexibility index (Phi) is 15.2. The van der Waals surface area contributed by atoms with Crippen LogP contribution in [0, 0.1) is 14.3 Å². The van der Waals surface area contributed by atoms with Gasteiger partial charge in [0.15, 0.2) is 16.3 Å². The van der Waals surface area contributed by atoms with Crippen molar-refractivity contribution in [2.24, 2.45) is 0 Å². The Morgan fingerprint density at radius 3 is 2.44 bits per heavy atom. The summed E-state index contributed by atoms with van der Waals surface area (Å²) in [6.07, 6.45) is 3.73. The van der Waals surface area contributed by atoms with Crippen molar-refractivity contribution in [1.82, 2.24) is 35.0 Å². The van der Waals surface area contributed by atoms with Gasteiger partial charge < -0.3 is 25.0 Å². The molecule has 0 aliphatic rings. The molecular weight excluding hydrogens is 797 g/mol. The number of hydrogen-bond donors (Lipinski definition) is 6. The van der Waals surface area contributed by atoms with Crippen molar-refractivity contribution in [3.63, 3.8) is 0 Å². The van der Waals surface area contributed by atoms with E-state index in [0.717, 1.165) is 63.1 Å². The van der Waals surface area contributed by atoms with Gasteiger partial charge >= 0.3 is 5.97 Å². The maximum absolute atomic E-state index is 11.3. The smallest absolute Gasteiger partial charge is 0.330 e. The predicted molar refractivity (Wildman–Crippen MR) is 238 cm³/mol. The van der Waals surface area contributed by atoms with E-state index in [9.17, 15) is 4.79 Å². The summed E-state index contributed by atoms with van der Waals surface area (Å²) in [5.74, 6) is 0.325. The number of hydrogen-bond acceptors (Lipinski definition) is 12. The fraction of sp³-hybridized carbons (Fsp3) is 0.200. The van der Waals surface area contributed by atoms with E-state index >= 15 is 0 Å². The van der Waals surface area contributed by atoms with Crippen LogP contribution in [0.1, 0.15) is 30.5 Å². The molecule has 0 unspecified atom stereocenters. The second-order valence-electron chi connectivity index (χ2n) is 12.5. The van der Waals surface area contributed by atoms with Crippen LogP contribution in [0.3, 0.4) is 0 Å². The molecule has 0 spiro atoms. The molecule has 0 aliphatic carbocycles. The molecule has 2 heterocycles. The summed E-state index contributed by atoms with van der Waals surface area (Å²) in [6, 6.07) is 27.9. The summed E-state index contributed by atoms with van der Waals surface area (Å²) < 4.78 is 15.3. The minimum Gasteiger partial charge on any atom is -0.473 e. The number of anilines is 3. The molecule has 296 valence electrons. The molecule has 0 fully saturated rings. The molecule has 4 aromatic carbocycles. The number of esters is 1. The molecule has 6 aromatic rings. The van der Waals surface area contributed by atoms with Crippen molar-refractivity contribution >= 4 is 77.9 Å². The number of H-pyrrole nitrogens is 3. The number of nitrogens with one attached hydrogen (secondary N) is 5. The molecule has 6 rings (SSSR count). The minimum atomic E-state index is -0.383. The largest absolute Gasteiger partial charge is 0.473 e. The summed E-state index contributed by atoms with van der Waals surface area (Å²) in [6.45, 7) is 10.1. The number of tetrazole rings is 1. The highest BCUT2D eigenvalue weighted by molar-refractivity contribution is 7.80. The monoisotopic (exact) mass is 840 g/mol. The first-order valence-corrected chi connectivity index (χ1v) is 19.4. The number of ether oxygens (including phenoxy) is 2. The van der Waals surface area contributed by atoms with Gasteiger partial charge in [-0.05, 0) is 146 Å². The number of rotatable bonds is 15. The molecule has 0 aliphatic heterocycles. The number of aromatic amines is 3. The number of allylic oxidation sites excluding steroid dienone is 2. The van der Waals surface area contributed by atoms with Crippen LogP contribution in [0.4, 0.5) is 17.1 Å². The van der Waals surface area contributed by atoms with E-state index in [2.05, 4.69) is 96.4 Å². The van der Waals surface area contributed by atoms with Gasteiger partial charge in [0.2, 0.25) is 4.77 Å². The van der Waals surface area contributed by atoms with E-state index in [0.29, 0.717) is 26.5 Å². The van der Waals surface area contributed by atoms with E-state index in [4.69, 9.17) is 41.4 Å². The van der Waals surface area contributed by atoms with E-state index in [-0.39, 0.29) is 12.7 Å². The van der Waals surface area contributed by atoms with Crippen LogP contribution >= 0.6 is 49.3 Å². The van der Waals surface area contributed by atoms with Gasteiger partial charge in [-0.1, -0.05) is 41.2 Å². The van der Waals surface area contributed by atoms with Gasteiger partial charge in [-0.2, -0.15) is 5.21 Å². The standard InChI is InChI=1S/C21H23N5O3S2.C19H21N5S2/c1-22-18-10-9-17(11-14(18)5-3-8-19(27)28-2)29-13-23-15-6-4-7-16(12-15)26-20(30)24-25-21(26)31;1-4-23(15-8-9-18(25)17(11-15)13(2)3)12-14-6-5-7-16(10-14)24-19(26)20-21-22-24/h3-4,6-12,22-23H,5,13H2,1-2H3,(H,24,30)(H,25,31);5-11,25H,2,4,12H2,1,3H3,(H,20,22,26). The number of methoxy groups -OCH3 is 1. The molecule has 13 nitrogen and oxygen atoms in total. The van der Waals surface area contributed by atoms with Crippen molar-refractivity contribution in [3.8, 4) is 17.1 Å². The van der Waals surface area contributed by atoms with Crippen LogP contribution in [0.15, 0.2) is 109 Å². The first kappa shape index (κ1) is 42.4. The van der Waals surface area contributed by atoms with Crippen LogP contribution in [0.2, 0.25) is 0 Å². The molecule has 0 amide bonds. The highest BCUT2D eigenvalue weighted by atomic mass is 32.1. The quantitative estimate of drug-likeness (QED) is 0.0194. The lowest BCUT2D eigenvalue weighted by molar-refractivity contribution is -0.134. The topological polar surface area (TPSA) is 146 Å². The Morgan fingerprint density at radius 2 is 1.75 bits per heavy atom. The molecule has 0 saturated heterocycles. The van der Waals surface area contributed by atoms with Crippen molar-refractivity contribution in [1.29, 1.82) is 0 Å². The zero-order valence-corrected chi connectivity index (χ0v) is 35.2. The third-order valence-corrected chi connectivity index (χ3v) is 9.86. The Labute approximate surface area is 351 Å². The van der Waals surface area contributed by atoms with Crippen LogP contribution in [0.5, 0.6) is 5.75 Å². The van der Waals surface area contributed by atoms with Crippen LogP contribution in [-0.4, -0.2) is 68.4 Å². The number of nitrogens with zero attached hydrogens (tertiary/aromatic N) is 5. The van der Waals surface area contributed by atoms with E-state index in [1.165, 1.54) is 18.7 Å². The lowest BCUT2D eigenvalue weighted by atomic mass is 10.1. The highest BCUT2D eigenvalue weighted by Gasteiger charge is 2.11. The molecule has 0 bridgehead atoms. The number of aromatic nitrogens is 7. The predicted octanol–water partition coefficient (Wildman–Crippen LogP) is 9.03. The number of benzene rings is 4. The van der Waals surface area contributed by atoms with Gasteiger partial charge in [-0.3, -0.25) is 14.8 Å². The molecule has 0 saturated carbocycles. The fourth-order valence-corrected chi connectivity index (χ4v) is 6.82. The van der Waals surface area contributed by atoms with Crippen LogP contribution < -0.4 is 20.3 Å². The molecule has 0 atom stereocenters. The molecule has 5 N–H and O–H groups in total. The van der Waals surface area contributed by atoms with Gasteiger partial charge in [0.1, 0.15) is 5.75 Å². The van der Waals surface area contributed by atoms with Crippen molar-refractivity contribution in [2.75, 3.05) is 43.0 Å². The Bertz CT molecular complexity index is 2510. The van der Waals surface area contributed by atoms with Crippen LogP contribution in [-0.2, 0) is 22.5 Å². The molecule has 0 radical (unpaired) electrons. The van der Waals surface area contributed by atoms with Crippen molar-refractivity contribution in [3.05, 3.63) is 135 Å². The zero-order chi connectivity index (χ0) is 40.9.